The molecule has 0 radical (unpaired) electrons. The molecule has 0 aliphatic heterocycles. The summed E-state index contributed by atoms with van der Waals surface area (Å²) in [5, 5.41) is 10.2. The first kappa shape index (κ1) is 23.9. The molecule has 1 heterocycles. The number of hydrogen-bond donors (Lipinski definition) is 2. The van der Waals surface area contributed by atoms with Gasteiger partial charge < -0.3 is 10.2 Å². The fraction of sp³-hybridized carbons (Fsp3) is 0.179. The summed E-state index contributed by atoms with van der Waals surface area (Å²) in [5.74, 6) is -1.30. The first-order chi connectivity index (χ1) is 16.9. The van der Waals surface area contributed by atoms with Gasteiger partial charge in [0.05, 0.1) is 11.3 Å². The molecule has 178 valence electrons. The minimum Gasteiger partial charge on any atom is -0.342 e. The van der Waals surface area contributed by atoms with Gasteiger partial charge in [-0.15, -0.1) is 0 Å². The van der Waals surface area contributed by atoms with Crippen molar-refractivity contribution in [2.75, 3.05) is 18.9 Å². The van der Waals surface area contributed by atoms with Gasteiger partial charge >= 0.3 is 0 Å². The van der Waals surface area contributed by atoms with Crippen molar-refractivity contribution in [2.24, 2.45) is 0 Å². The van der Waals surface area contributed by atoms with Crippen molar-refractivity contribution in [3.05, 3.63) is 107 Å². The van der Waals surface area contributed by atoms with Crippen molar-refractivity contribution in [3.8, 4) is 11.3 Å². The van der Waals surface area contributed by atoms with E-state index in [-0.39, 0.29) is 11.5 Å². The van der Waals surface area contributed by atoms with Gasteiger partial charge in [-0.3, -0.25) is 14.7 Å². The first-order valence-electron chi connectivity index (χ1n) is 11.4. The third-order valence-electron chi connectivity index (χ3n) is 5.84. The van der Waals surface area contributed by atoms with Gasteiger partial charge in [-0.25, -0.2) is 4.39 Å². The van der Waals surface area contributed by atoms with Crippen LogP contribution in [-0.4, -0.2) is 40.5 Å². The minimum absolute atomic E-state index is 0.0463. The van der Waals surface area contributed by atoms with Crippen LogP contribution in [0.2, 0.25) is 0 Å². The van der Waals surface area contributed by atoms with Gasteiger partial charge in [0, 0.05) is 36.1 Å². The number of anilines is 1. The summed E-state index contributed by atoms with van der Waals surface area (Å²) in [4.78, 5) is 27.2. The number of hydrogen-bond acceptors (Lipinski definition) is 3. The predicted octanol–water partition coefficient (Wildman–Crippen LogP) is 5.48. The third-order valence-corrected chi connectivity index (χ3v) is 5.84. The number of nitrogens with zero attached hydrogens (tertiary/aromatic N) is 2. The Labute approximate surface area is 203 Å². The molecule has 7 heteroatoms. The van der Waals surface area contributed by atoms with E-state index < -0.39 is 11.7 Å². The number of aryl methyl sites for hydroxylation is 2. The number of benzene rings is 3. The van der Waals surface area contributed by atoms with Crippen LogP contribution < -0.4 is 5.32 Å². The smallest absolute Gasteiger partial charge is 0.258 e. The number of carbonyl (C=O) groups is 2. The molecule has 2 amide bonds. The first-order valence-corrected chi connectivity index (χ1v) is 11.4. The van der Waals surface area contributed by atoms with Crippen molar-refractivity contribution in [1.29, 1.82) is 0 Å². The normalized spacial score (nSPS) is 10.7. The van der Waals surface area contributed by atoms with Gasteiger partial charge in [-0.1, -0.05) is 48.5 Å². The van der Waals surface area contributed by atoms with Gasteiger partial charge in [0.2, 0.25) is 0 Å². The Kier molecular flexibility index (Phi) is 7.35. The number of carbonyl (C=O) groups excluding carboxylic acids is 2. The van der Waals surface area contributed by atoms with Gasteiger partial charge in [-0.2, -0.15) is 5.10 Å². The average molecular weight is 471 g/mol. The maximum Gasteiger partial charge on any atom is 0.258 e. The monoisotopic (exact) mass is 470 g/mol. The fourth-order valence-corrected chi connectivity index (χ4v) is 3.80. The van der Waals surface area contributed by atoms with E-state index in [1.54, 1.807) is 36.2 Å². The number of rotatable bonds is 8. The Morgan fingerprint density at radius 3 is 2.51 bits per heavy atom. The van der Waals surface area contributed by atoms with Crippen molar-refractivity contribution in [2.45, 2.75) is 19.8 Å². The lowest BCUT2D eigenvalue weighted by atomic mass is 10.1. The second kappa shape index (κ2) is 10.8. The van der Waals surface area contributed by atoms with Crippen LogP contribution in [0.5, 0.6) is 0 Å². The molecular formula is C28H27FN4O2. The third kappa shape index (κ3) is 5.81. The zero-order valence-electron chi connectivity index (χ0n) is 19.7. The molecule has 4 aromatic rings. The Morgan fingerprint density at radius 2 is 1.74 bits per heavy atom. The highest BCUT2D eigenvalue weighted by Gasteiger charge is 2.16. The molecule has 0 atom stereocenters. The second-order valence-electron chi connectivity index (χ2n) is 8.44. The molecule has 0 saturated carbocycles. The summed E-state index contributed by atoms with van der Waals surface area (Å²) < 4.78 is 14.0. The minimum atomic E-state index is -0.595. The SMILES string of the molecule is Cc1ccc(C(=O)N(C)CCCc2cc(-c3ccccc3)n[nH]2)cc1NC(=O)c1ccccc1F. The molecule has 0 bridgehead atoms. The quantitative estimate of drug-likeness (QED) is 0.358. The average Bonchev–Trinajstić information content (AvgIpc) is 3.34. The van der Waals surface area contributed by atoms with Crippen LogP contribution in [0.15, 0.2) is 78.9 Å². The van der Waals surface area contributed by atoms with E-state index in [0.717, 1.165) is 35.4 Å². The highest BCUT2D eigenvalue weighted by atomic mass is 19.1. The zero-order chi connectivity index (χ0) is 24.8. The lowest BCUT2D eigenvalue weighted by molar-refractivity contribution is 0.0793. The molecule has 0 aliphatic carbocycles. The van der Waals surface area contributed by atoms with Crippen LogP contribution in [0.4, 0.5) is 10.1 Å². The second-order valence-corrected chi connectivity index (χ2v) is 8.44. The lowest BCUT2D eigenvalue weighted by Crippen LogP contribution is -2.28. The standard InChI is InChI=1S/C28H27FN4O2/c1-19-14-15-21(17-25(19)30-27(34)23-12-6-7-13-24(23)29)28(35)33(2)16-8-11-22-18-26(32-31-22)20-9-4-3-5-10-20/h3-7,9-10,12-15,17-18H,8,11,16H2,1-2H3,(H,30,34)(H,31,32). The number of H-pyrrole nitrogens is 1. The summed E-state index contributed by atoms with van der Waals surface area (Å²) in [6.07, 6.45) is 1.52. The highest BCUT2D eigenvalue weighted by molar-refractivity contribution is 6.05. The van der Waals surface area contributed by atoms with E-state index in [9.17, 15) is 14.0 Å². The Hall–Kier alpha value is -4.26. The molecule has 0 saturated heterocycles. The summed E-state index contributed by atoms with van der Waals surface area (Å²) >= 11 is 0. The van der Waals surface area contributed by atoms with E-state index >= 15 is 0 Å². The molecule has 0 aliphatic rings. The van der Waals surface area contributed by atoms with Gasteiger partial charge in [0.1, 0.15) is 5.82 Å². The number of halogens is 1. The van der Waals surface area contributed by atoms with E-state index in [4.69, 9.17) is 0 Å². The molecule has 6 nitrogen and oxygen atoms in total. The van der Waals surface area contributed by atoms with E-state index in [1.165, 1.54) is 18.2 Å². The summed E-state index contributed by atoms with van der Waals surface area (Å²) in [7, 11) is 1.75. The van der Waals surface area contributed by atoms with Crippen molar-refractivity contribution >= 4 is 17.5 Å². The van der Waals surface area contributed by atoms with E-state index in [0.29, 0.717) is 17.8 Å². The van der Waals surface area contributed by atoms with Crippen LogP contribution in [0.3, 0.4) is 0 Å². The predicted molar refractivity (Wildman–Crippen MR) is 135 cm³/mol. The fourth-order valence-electron chi connectivity index (χ4n) is 3.80. The molecule has 0 unspecified atom stereocenters. The summed E-state index contributed by atoms with van der Waals surface area (Å²) in [6, 6.07) is 22.9. The molecule has 2 N–H and O–H groups in total. The Bertz CT molecular complexity index is 1330. The molecular weight excluding hydrogens is 443 g/mol. The molecule has 0 spiro atoms. The maximum absolute atomic E-state index is 14.0. The zero-order valence-corrected chi connectivity index (χ0v) is 19.7. The molecule has 0 fully saturated rings. The Balaban J connectivity index is 1.35. The number of nitrogens with one attached hydrogen (secondary N) is 2. The lowest BCUT2D eigenvalue weighted by Gasteiger charge is -2.18. The van der Waals surface area contributed by atoms with Crippen molar-refractivity contribution in [3.63, 3.8) is 0 Å². The highest BCUT2D eigenvalue weighted by Crippen LogP contribution is 2.21. The van der Waals surface area contributed by atoms with Crippen LogP contribution in [0.25, 0.3) is 11.3 Å². The number of aromatic amines is 1. The topological polar surface area (TPSA) is 78.1 Å². The van der Waals surface area contributed by atoms with Crippen LogP contribution in [0, 0.1) is 12.7 Å². The van der Waals surface area contributed by atoms with Crippen molar-refractivity contribution in [1.82, 2.24) is 15.1 Å². The van der Waals surface area contributed by atoms with Gasteiger partial charge in [-0.05, 0) is 55.7 Å². The van der Waals surface area contributed by atoms with Crippen LogP contribution >= 0.6 is 0 Å². The largest absolute Gasteiger partial charge is 0.342 e. The molecule has 3 aromatic carbocycles. The van der Waals surface area contributed by atoms with E-state index in [1.807, 2.05) is 43.3 Å². The molecule has 35 heavy (non-hydrogen) atoms. The number of amides is 2. The maximum atomic E-state index is 14.0. The van der Waals surface area contributed by atoms with Gasteiger partial charge in [0.25, 0.3) is 11.8 Å². The van der Waals surface area contributed by atoms with Crippen molar-refractivity contribution < 1.29 is 14.0 Å². The van der Waals surface area contributed by atoms with Gasteiger partial charge in [0.15, 0.2) is 0 Å². The summed E-state index contributed by atoms with van der Waals surface area (Å²) in [6.45, 7) is 2.38. The van der Waals surface area contributed by atoms with E-state index in [2.05, 4.69) is 15.5 Å². The molecule has 1 aromatic heterocycles. The van der Waals surface area contributed by atoms with Crippen LogP contribution in [0.1, 0.15) is 38.4 Å². The Morgan fingerprint density at radius 1 is 1.00 bits per heavy atom. The molecule has 4 rings (SSSR count). The van der Waals surface area contributed by atoms with Crippen LogP contribution in [-0.2, 0) is 6.42 Å². The number of aromatic nitrogens is 2. The summed E-state index contributed by atoms with van der Waals surface area (Å²) in [5.41, 5.74) is 4.63.